The van der Waals surface area contributed by atoms with Crippen LogP contribution in [0.3, 0.4) is 0 Å². The van der Waals surface area contributed by atoms with Gasteiger partial charge in [-0.05, 0) is 74.5 Å². The minimum absolute atomic E-state index is 0.0356. The molecule has 1 aliphatic rings. The zero-order valence-corrected chi connectivity index (χ0v) is 25.4. The molecule has 0 aliphatic carbocycles. The van der Waals surface area contributed by atoms with Gasteiger partial charge in [-0.3, -0.25) is 14.1 Å². The van der Waals surface area contributed by atoms with Crippen molar-refractivity contribution in [1.82, 2.24) is 9.88 Å². The van der Waals surface area contributed by atoms with Gasteiger partial charge in [-0.15, -0.1) is 0 Å². The van der Waals surface area contributed by atoms with Crippen LogP contribution in [0.25, 0.3) is 0 Å². The lowest BCUT2D eigenvalue weighted by molar-refractivity contribution is 0.0993. The van der Waals surface area contributed by atoms with Gasteiger partial charge in [-0.2, -0.15) is 0 Å². The van der Waals surface area contributed by atoms with Crippen LogP contribution in [0.15, 0.2) is 102 Å². The third-order valence-electron chi connectivity index (χ3n) is 7.68. The van der Waals surface area contributed by atoms with Crippen LogP contribution in [0.4, 0.5) is 22.7 Å². The van der Waals surface area contributed by atoms with Gasteiger partial charge in [0.1, 0.15) is 4.90 Å². The van der Waals surface area contributed by atoms with Crippen LogP contribution in [0.1, 0.15) is 28.9 Å². The Morgan fingerprint density at radius 1 is 0.837 bits per heavy atom. The summed E-state index contributed by atoms with van der Waals surface area (Å²) in [6.07, 6.45) is 4.07. The molecule has 2 N–H and O–H groups in total. The maximum atomic E-state index is 14.2. The highest BCUT2D eigenvalue weighted by Crippen LogP contribution is 2.34. The minimum atomic E-state index is -4.06. The second-order valence-electron chi connectivity index (χ2n) is 10.6. The van der Waals surface area contributed by atoms with E-state index in [1.54, 1.807) is 43.6 Å². The monoisotopic (exact) mass is 598 g/mol. The van der Waals surface area contributed by atoms with Crippen molar-refractivity contribution in [1.29, 1.82) is 0 Å². The molecule has 0 spiro atoms. The van der Waals surface area contributed by atoms with E-state index in [4.69, 9.17) is 0 Å². The molecule has 0 radical (unpaired) electrons. The Balaban J connectivity index is 1.58. The number of pyridine rings is 1. The van der Waals surface area contributed by atoms with Gasteiger partial charge in [0.15, 0.2) is 0 Å². The van der Waals surface area contributed by atoms with Crippen molar-refractivity contribution in [2.24, 2.45) is 0 Å². The van der Waals surface area contributed by atoms with E-state index in [0.717, 1.165) is 25.3 Å². The molecule has 224 valence electrons. The third-order valence-corrected chi connectivity index (χ3v) is 9.51. The second kappa shape index (κ2) is 13.7. The molecular formula is C33H38N6O3S. The summed E-state index contributed by atoms with van der Waals surface area (Å²) < 4.78 is 29.7. The molecular weight excluding hydrogens is 560 g/mol. The number of carbonyl (C=O) groups excluding carboxylic acids is 1. The molecule has 43 heavy (non-hydrogen) atoms. The first-order valence-corrected chi connectivity index (χ1v) is 15.9. The summed E-state index contributed by atoms with van der Waals surface area (Å²) in [5, 5.41) is 6.75. The third kappa shape index (κ3) is 7.15. The number of nitrogens with zero attached hydrogens (tertiary/aromatic N) is 4. The number of likely N-dealkylation sites (tertiary alicyclic amines) is 1. The van der Waals surface area contributed by atoms with Crippen molar-refractivity contribution >= 4 is 38.7 Å². The van der Waals surface area contributed by atoms with Crippen molar-refractivity contribution in [3.05, 3.63) is 108 Å². The number of hydrogen-bond acceptors (Lipinski definition) is 7. The molecule has 1 aliphatic heterocycles. The van der Waals surface area contributed by atoms with Crippen molar-refractivity contribution in [3.8, 4) is 0 Å². The van der Waals surface area contributed by atoms with Gasteiger partial charge >= 0.3 is 0 Å². The van der Waals surface area contributed by atoms with E-state index in [9.17, 15) is 13.2 Å². The van der Waals surface area contributed by atoms with E-state index in [1.165, 1.54) is 35.2 Å². The molecule has 1 aromatic heterocycles. The molecule has 2 heterocycles. The van der Waals surface area contributed by atoms with Gasteiger partial charge in [-0.1, -0.05) is 42.5 Å². The highest BCUT2D eigenvalue weighted by molar-refractivity contribution is 7.93. The smallest absolute Gasteiger partial charge is 0.266 e. The fourth-order valence-electron chi connectivity index (χ4n) is 5.17. The van der Waals surface area contributed by atoms with Gasteiger partial charge < -0.3 is 20.4 Å². The van der Waals surface area contributed by atoms with Gasteiger partial charge in [0.25, 0.3) is 15.9 Å². The zero-order valence-electron chi connectivity index (χ0n) is 24.6. The second-order valence-corrected chi connectivity index (χ2v) is 12.5. The highest BCUT2D eigenvalue weighted by atomic mass is 32.2. The molecule has 4 aromatic rings. The molecule has 9 nitrogen and oxygen atoms in total. The summed E-state index contributed by atoms with van der Waals surface area (Å²) in [6.45, 7) is 3.80. The van der Waals surface area contributed by atoms with E-state index < -0.39 is 10.0 Å². The number of aromatic nitrogens is 1. The van der Waals surface area contributed by atoms with Crippen LogP contribution in [0.2, 0.25) is 0 Å². The molecule has 10 heteroatoms. The van der Waals surface area contributed by atoms with Crippen LogP contribution in [0.5, 0.6) is 0 Å². The minimum Gasteiger partial charge on any atom is -0.383 e. The lowest BCUT2D eigenvalue weighted by atomic mass is 10.1. The van der Waals surface area contributed by atoms with Gasteiger partial charge in [0.2, 0.25) is 0 Å². The Morgan fingerprint density at radius 3 is 2.14 bits per heavy atom. The molecule has 1 amide bonds. The summed E-state index contributed by atoms with van der Waals surface area (Å²) in [4.78, 5) is 22.4. The van der Waals surface area contributed by atoms with Crippen LogP contribution in [0, 0.1) is 0 Å². The number of nitrogens with one attached hydrogen (secondary N) is 2. The summed E-state index contributed by atoms with van der Waals surface area (Å²) in [6, 6.07) is 27.1. The average Bonchev–Trinajstić information content (AvgIpc) is 3.57. The lowest BCUT2D eigenvalue weighted by Crippen LogP contribution is -2.31. The number of para-hydroxylation sites is 2. The van der Waals surface area contributed by atoms with E-state index >= 15 is 0 Å². The Kier molecular flexibility index (Phi) is 9.58. The number of anilines is 4. The number of sulfonamides is 1. The standard InChI is InChI=1S/C33H38N6O3S/c1-37(27-14-5-3-6-15-27)33(40)29-23-32(43(41,42)38(2)28-16-7-4-8-17-28)31(35-19-22-39-20-11-12-21-39)24-30(29)36-25-26-13-9-10-18-34-26/h3-10,13-18,23-24,35-36H,11-12,19-22,25H2,1-2H3. The number of hydrogen-bond donors (Lipinski definition) is 2. The summed E-state index contributed by atoms with van der Waals surface area (Å²) in [5.74, 6) is -0.336. The van der Waals surface area contributed by atoms with Crippen molar-refractivity contribution in [2.75, 3.05) is 60.1 Å². The lowest BCUT2D eigenvalue weighted by Gasteiger charge is -2.25. The maximum absolute atomic E-state index is 14.2. The summed E-state index contributed by atoms with van der Waals surface area (Å²) >= 11 is 0. The van der Waals surface area contributed by atoms with Crippen LogP contribution >= 0.6 is 0 Å². The number of carbonyl (C=O) groups is 1. The molecule has 0 saturated carbocycles. The number of benzene rings is 3. The fraction of sp³-hybridized carbons (Fsp3) is 0.273. The normalized spacial score (nSPS) is 13.4. The van der Waals surface area contributed by atoms with Crippen LogP contribution in [-0.2, 0) is 16.6 Å². The fourth-order valence-corrected chi connectivity index (χ4v) is 6.54. The first-order chi connectivity index (χ1) is 20.8. The number of amides is 1. The van der Waals surface area contributed by atoms with E-state index in [-0.39, 0.29) is 16.4 Å². The maximum Gasteiger partial charge on any atom is 0.266 e. The average molecular weight is 599 g/mol. The predicted octanol–water partition coefficient (Wildman–Crippen LogP) is 5.30. The van der Waals surface area contributed by atoms with Gasteiger partial charge in [-0.25, -0.2) is 8.42 Å². The first-order valence-electron chi connectivity index (χ1n) is 14.5. The Labute approximate surface area is 254 Å². The largest absolute Gasteiger partial charge is 0.383 e. The Bertz CT molecular complexity index is 1610. The molecule has 0 unspecified atom stereocenters. The molecule has 5 rings (SSSR count). The summed E-state index contributed by atoms with van der Waals surface area (Å²) in [5.41, 5.74) is 3.21. The first kappa shape index (κ1) is 30.1. The highest BCUT2D eigenvalue weighted by Gasteiger charge is 2.29. The van der Waals surface area contributed by atoms with E-state index in [1.807, 2.05) is 54.6 Å². The Morgan fingerprint density at radius 2 is 1.49 bits per heavy atom. The number of rotatable bonds is 12. The van der Waals surface area contributed by atoms with Crippen LogP contribution in [-0.4, -0.2) is 64.5 Å². The SMILES string of the molecule is CN(C(=O)c1cc(S(=O)(=O)N(C)c2ccccc2)c(NCCN2CCCC2)cc1NCc1ccccn1)c1ccccc1. The zero-order chi connectivity index (χ0) is 30.2. The summed E-state index contributed by atoms with van der Waals surface area (Å²) in [7, 11) is -0.838. The van der Waals surface area contributed by atoms with Gasteiger partial charge in [0, 0.05) is 44.8 Å². The molecule has 0 atom stereocenters. The molecule has 0 bridgehead atoms. The molecule has 1 saturated heterocycles. The van der Waals surface area contributed by atoms with Crippen LogP contribution < -0.4 is 19.8 Å². The Hall–Kier alpha value is -4.41. The quantitative estimate of drug-likeness (QED) is 0.228. The van der Waals surface area contributed by atoms with Crippen molar-refractivity contribution in [2.45, 2.75) is 24.3 Å². The predicted molar refractivity (Wildman–Crippen MR) is 173 cm³/mol. The molecule has 3 aromatic carbocycles. The molecule has 1 fully saturated rings. The van der Waals surface area contributed by atoms with Crippen molar-refractivity contribution in [3.63, 3.8) is 0 Å². The van der Waals surface area contributed by atoms with Gasteiger partial charge in [0.05, 0.1) is 29.2 Å². The van der Waals surface area contributed by atoms with E-state index in [2.05, 4.69) is 20.5 Å². The van der Waals surface area contributed by atoms with E-state index in [0.29, 0.717) is 35.8 Å². The van der Waals surface area contributed by atoms with Crippen molar-refractivity contribution < 1.29 is 13.2 Å². The topological polar surface area (TPSA) is 97.9 Å².